The fourth-order valence-corrected chi connectivity index (χ4v) is 3.40. The van der Waals surface area contributed by atoms with E-state index >= 15 is 0 Å². The number of aryl methyl sites for hydroxylation is 1. The number of nitriles is 1. The summed E-state index contributed by atoms with van der Waals surface area (Å²) in [6, 6.07) is 10.9. The van der Waals surface area contributed by atoms with Gasteiger partial charge in [-0.15, -0.1) is 0 Å². The molecule has 0 radical (unpaired) electrons. The molecule has 2 N–H and O–H groups in total. The molecule has 174 valence electrons. The third-order valence-corrected chi connectivity index (χ3v) is 5.41. The Labute approximate surface area is 204 Å². The number of rotatable bonds is 8. The number of nitrogens with zero attached hydrogens (tertiary/aromatic N) is 6. The van der Waals surface area contributed by atoms with Crippen molar-refractivity contribution in [3.8, 4) is 17.2 Å². The summed E-state index contributed by atoms with van der Waals surface area (Å²) in [5.74, 6) is 0.0900. The van der Waals surface area contributed by atoms with Gasteiger partial charge in [-0.1, -0.05) is 0 Å². The van der Waals surface area contributed by atoms with Crippen LogP contribution in [0.3, 0.4) is 0 Å². The van der Waals surface area contributed by atoms with Crippen molar-refractivity contribution >= 4 is 30.4 Å². The molecule has 0 unspecified atom stereocenters. The third-order valence-electron chi connectivity index (χ3n) is 5.41. The van der Waals surface area contributed by atoms with Gasteiger partial charge in [0.25, 0.3) is 0 Å². The van der Waals surface area contributed by atoms with Crippen LogP contribution in [0.1, 0.15) is 25.1 Å². The summed E-state index contributed by atoms with van der Waals surface area (Å²) in [7, 11) is 5.83. The number of halogens is 1. The van der Waals surface area contributed by atoms with Crippen LogP contribution in [0.15, 0.2) is 61.3 Å². The Kier molecular flexibility index (Phi) is 6.69. The monoisotopic (exact) mass is 466 g/mol. The van der Waals surface area contributed by atoms with E-state index in [1.165, 1.54) is 6.07 Å². The minimum absolute atomic E-state index is 0.308. The van der Waals surface area contributed by atoms with Crippen LogP contribution in [0.2, 0.25) is 0 Å². The number of benzene rings is 1. The van der Waals surface area contributed by atoms with Crippen LogP contribution >= 0.6 is 0 Å². The van der Waals surface area contributed by atoms with Crippen LogP contribution in [0.4, 0.5) is 21.7 Å². The molecule has 10 heteroatoms. The molecule has 0 atom stereocenters. The number of anilines is 3. The van der Waals surface area contributed by atoms with E-state index < -0.39 is 5.41 Å². The number of hydrogen-bond acceptors (Lipinski definition) is 7. The molecule has 0 saturated carbocycles. The molecule has 0 amide bonds. The topological polar surface area (TPSA) is 104 Å². The van der Waals surface area contributed by atoms with Gasteiger partial charge in [0.1, 0.15) is 0 Å². The number of hydrogen-bond donors (Lipinski definition) is 2. The molecule has 8 nitrogen and oxygen atoms in total. The standard InChI is InChI=1S/C25H24BFN8/c1-25(2,15-28)22-7-6-19(12-29-22)33-23(26)9-17-5-4-16(8-21(17)27)18-10-30-24(31-11-18)34-20-13-32-35(3)14-20/h4-8,10-14,26,33H,9H2,1-3H3,(H,30,31,34). The van der Waals surface area contributed by atoms with Gasteiger partial charge < -0.3 is 0 Å². The molecule has 3 aromatic heterocycles. The van der Waals surface area contributed by atoms with E-state index in [4.69, 9.17) is 0 Å². The second-order valence-electron chi connectivity index (χ2n) is 8.70. The second kappa shape index (κ2) is 9.85. The predicted octanol–water partition coefficient (Wildman–Crippen LogP) is 3.64. The minimum atomic E-state index is -0.665. The first kappa shape index (κ1) is 23.8. The van der Waals surface area contributed by atoms with E-state index in [9.17, 15) is 9.65 Å². The van der Waals surface area contributed by atoms with Crippen molar-refractivity contribution in [3.05, 3.63) is 78.4 Å². The van der Waals surface area contributed by atoms with E-state index in [1.54, 1.807) is 41.6 Å². The molecule has 4 rings (SSSR count). The number of nitrogens with one attached hydrogen (secondary N) is 2. The summed E-state index contributed by atoms with van der Waals surface area (Å²) in [5, 5.41) is 19.5. The molecule has 0 aliphatic heterocycles. The zero-order valence-corrected chi connectivity index (χ0v) is 19.7. The summed E-state index contributed by atoms with van der Waals surface area (Å²) < 4.78 is 16.5. The van der Waals surface area contributed by atoms with Crippen molar-refractivity contribution in [1.29, 1.82) is 5.26 Å². The van der Waals surface area contributed by atoms with Crippen LogP contribution in [-0.2, 0) is 18.9 Å². The Morgan fingerprint density at radius 2 is 1.83 bits per heavy atom. The average Bonchev–Trinajstić information content (AvgIpc) is 3.25. The fraction of sp³-hybridized carbons (Fsp3) is 0.200. The summed E-state index contributed by atoms with van der Waals surface area (Å²) in [6.45, 7) is 3.63. The van der Waals surface area contributed by atoms with E-state index in [0.29, 0.717) is 40.3 Å². The van der Waals surface area contributed by atoms with Crippen molar-refractivity contribution in [2.24, 2.45) is 7.05 Å². The van der Waals surface area contributed by atoms with Crippen molar-refractivity contribution in [2.45, 2.75) is 25.7 Å². The molecule has 0 aliphatic rings. The molecule has 35 heavy (non-hydrogen) atoms. The molecular formula is C25H24BFN8. The quantitative estimate of drug-likeness (QED) is 0.382. The maximum atomic E-state index is 14.9. The second-order valence-corrected chi connectivity index (χ2v) is 8.70. The Morgan fingerprint density at radius 3 is 2.43 bits per heavy atom. The molecule has 0 aliphatic carbocycles. The zero-order valence-electron chi connectivity index (χ0n) is 19.7. The van der Waals surface area contributed by atoms with Crippen molar-refractivity contribution in [2.75, 3.05) is 10.6 Å². The Bertz CT molecular complexity index is 1390. The van der Waals surface area contributed by atoms with Crippen molar-refractivity contribution in [1.82, 2.24) is 24.7 Å². The molecule has 4 aromatic rings. The van der Waals surface area contributed by atoms with E-state index in [-0.39, 0.29) is 5.82 Å². The van der Waals surface area contributed by atoms with Gasteiger partial charge in [0, 0.05) is 13.2 Å². The van der Waals surface area contributed by atoms with Gasteiger partial charge in [0.05, 0.1) is 6.20 Å². The van der Waals surface area contributed by atoms with Gasteiger partial charge >= 0.3 is 175 Å². The van der Waals surface area contributed by atoms with Gasteiger partial charge in [-0.05, 0) is 0 Å². The normalized spacial score (nSPS) is 11.0. The van der Waals surface area contributed by atoms with Crippen molar-refractivity contribution in [3.63, 3.8) is 0 Å². The van der Waals surface area contributed by atoms with Crippen LogP contribution in [-0.4, -0.2) is 37.8 Å². The zero-order chi connectivity index (χ0) is 25.0. The number of pyridine rings is 1. The van der Waals surface area contributed by atoms with Gasteiger partial charge in [0.15, 0.2) is 0 Å². The van der Waals surface area contributed by atoms with Crippen LogP contribution in [0, 0.1) is 17.1 Å². The molecule has 3 heterocycles. The summed E-state index contributed by atoms with van der Waals surface area (Å²) in [5.41, 5.74) is 4.04. The molecule has 0 spiro atoms. The first-order chi connectivity index (χ1) is 16.7. The number of aromatic nitrogens is 5. The molecule has 1 aromatic carbocycles. The third kappa shape index (κ3) is 5.76. The molecule has 0 fully saturated rings. The van der Waals surface area contributed by atoms with Crippen molar-refractivity contribution < 1.29 is 4.39 Å². The molecule has 0 bridgehead atoms. The van der Waals surface area contributed by atoms with Gasteiger partial charge in [-0.3, -0.25) is 4.68 Å². The Morgan fingerprint density at radius 1 is 1.06 bits per heavy atom. The van der Waals surface area contributed by atoms with Crippen LogP contribution in [0.25, 0.3) is 11.1 Å². The molecule has 0 saturated heterocycles. The van der Waals surface area contributed by atoms with E-state index in [1.807, 2.05) is 39.2 Å². The summed E-state index contributed by atoms with van der Waals surface area (Å²) in [4.78, 5) is 13.0. The maximum absolute atomic E-state index is 14.9. The Balaban J connectivity index is 1.39. The van der Waals surface area contributed by atoms with Gasteiger partial charge in [-0.2, -0.15) is 5.10 Å². The molecular weight excluding hydrogens is 442 g/mol. The summed E-state index contributed by atoms with van der Waals surface area (Å²) in [6.07, 6.45) is 8.73. The van der Waals surface area contributed by atoms with Crippen LogP contribution in [0.5, 0.6) is 0 Å². The van der Waals surface area contributed by atoms with Gasteiger partial charge in [-0.25, -0.2) is 0 Å². The first-order valence-electron chi connectivity index (χ1n) is 10.9. The average molecular weight is 466 g/mol. The fourth-order valence-electron chi connectivity index (χ4n) is 3.40. The van der Waals surface area contributed by atoms with Crippen LogP contribution < -0.4 is 10.6 Å². The first-order valence-corrected chi connectivity index (χ1v) is 10.9. The predicted molar refractivity (Wildman–Crippen MR) is 136 cm³/mol. The van der Waals surface area contributed by atoms with Gasteiger partial charge in [0.2, 0.25) is 0 Å². The van der Waals surface area contributed by atoms with E-state index in [2.05, 4.69) is 44.2 Å². The SMILES string of the molecule is B=C(Cc1ccc(-c2cnc(Nc3cnn(C)c3)nc2)cc1F)Nc1ccc(C(C)(C)C#N)nc1. The van der Waals surface area contributed by atoms with E-state index in [0.717, 1.165) is 11.4 Å². The Hall–Kier alpha value is -4.39. The summed E-state index contributed by atoms with van der Waals surface area (Å²) >= 11 is 0.